The zero-order chi connectivity index (χ0) is 11.3. The van der Waals surface area contributed by atoms with E-state index in [0.717, 1.165) is 6.42 Å². The third-order valence-electron chi connectivity index (χ3n) is 2.54. The molecule has 2 N–H and O–H groups in total. The molecule has 1 nitrogen and oxygen atoms in total. The van der Waals surface area contributed by atoms with Crippen molar-refractivity contribution in [2.45, 2.75) is 52.5 Å². The fourth-order valence-electron chi connectivity index (χ4n) is 1.97. The van der Waals surface area contributed by atoms with E-state index in [1.165, 1.54) is 29.0 Å². The molecule has 0 aliphatic rings. The van der Waals surface area contributed by atoms with Gasteiger partial charge in [-0.1, -0.05) is 20.3 Å². The molecule has 86 valence electrons. The van der Waals surface area contributed by atoms with E-state index in [2.05, 4.69) is 32.9 Å². The molecule has 0 fully saturated rings. The molecule has 15 heavy (non-hydrogen) atoms. The minimum absolute atomic E-state index is 0.329. The fourth-order valence-corrected chi connectivity index (χ4v) is 3.26. The van der Waals surface area contributed by atoms with Gasteiger partial charge in [-0.3, -0.25) is 0 Å². The summed E-state index contributed by atoms with van der Waals surface area (Å²) in [6, 6.07) is 4.89. The summed E-state index contributed by atoms with van der Waals surface area (Å²) in [6.45, 7) is 6.62. The number of nitrogens with two attached hydrogens (primary N) is 1. The number of thiophene rings is 1. The SMILES string of the molecule is CCCc1ccc(CC(C)CC(C)N)s1. The molecule has 0 saturated heterocycles. The molecule has 2 unspecified atom stereocenters. The lowest BCUT2D eigenvalue weighted by atomic mass is 9.99. The van der Waals surface area contributed by atoms with Crippen LogP contribution in [0.5, 0.6) is 0 Å². The second-order valence-electron chi connectivity index (χ2n) is 4.64. The lowest BCUT2D eigenvalue weighted by Crippen LogP contribution is -2.19. The van der Waals surface area contributed by atoms with E-state index in [1.807, 2.05) is 11.3 Å². The summed E-state index contributed by atoms with van der Waals surface area (Å²) in [4.78, 5) is 3.05. The van der Waals surface area contributed by atoms with Crippen molar-refractivity contribution in [2.24, 2.45) is 11.7 Å². The molecule has 2 heteroatoms. The van der Waals surface area contributed by atoms with Crippen LogP contribution >= 0.6 is 11.3 Å². The Labute approximate surface area is 97.7 Å². The number of hydrogen-bond donors (Lipinski definition) is 1. The van der Waals surface area contributed by atoms with Gasteiger partial charge in [0.1, 0.15) is 0 Å². The van der Waals surface area contributed by atoms with Crippen molar-refractivity contribution < 1.29 is 0 Å². The Morgan fingerprint density at radius 3 is 2.53 bits per heavy atom. The first-order valence-electron chi connectivity index (χ1n) is 5.95. The van der Waals surface area contributed by atoms with Gasteiger partial charge in [-0.25, -0.2) is 0 Å². The number of aryl methyl sites for hydroxylation is 1. The summed E-state index contributed by atoms with van der Waals surface area (Å²) < 4.78 is 0. The van der Waals surface area contributed by atoms with Crippen LogP contribution in [0, 0.1) is 5.92 Å². The first-order chi connectivity index (χ1) is 7.11. The normalized spacial score (nSPS) is 15.2. The maximum absolute atomic E-state index is 5.80. The molecule has 2 atom stereocenters. The molecule has 0 amide bonds. The van der Waals surface area contributed by atoms with Gasteiger partial charge in [-0.2, -0.15) is 0 Å². The fraction of sp³-hybridized carbons (Fsp3) is 0.692. The molecule has 0 bridgehead atoms. The van der Waals surface area contributed by atoms with Crippen molar-refractivity contribution in [3.8, 4) is 0 Å². The highest BCUT2D eigenvalue weighted by atomic mass is 32.1. The van der Waals surface area contributed by atoms with E-state index in [4.69, 9.17) is 5.73 Å². The lowest BCUT2D eigenvalue weighted by molar-refractivity contribution is 0.482. The second kappa shape index (κ2) is 6.29. The zero-order valence-corrected chi connectivity index (χ0v) is 10.9. The lowest BCUT2D eigenvalue weighted by Gasteiger charge is -2.12. The topological polar surface area (TPSA) is 26.0 Å². The van der Waals surface area contributed by atoms with Crippen LogP contribution in [0.25, 0.3) is 0 Å². The Bertz CT molecular complexity index is 278. The minimum atomic E-state index is 0.329. The van der Waals surface area contributed by atoms with Gasteiger partial charge in [0, 0.05) is 15.8 Å². The first-order valence-corrected chi connectivity index (χ1v) is 6.76. The Morgan fingerprint density at radius 2 is 1.93 bits per heavy atom. The highest BCUT2D eigenvalue weighted by Crippen LogP contribution is 2.22. The number of rotatable bonds is 6. The number of hydrogen-bond acceptors (Lipinski definition) is 2. The van der Waals surface area contributed by atoms with Gasteiger partial charge in [0.05, 0.1) is 0 Å². The van der Waals surface area contributed by atoms with Gasteiger partial charge in [-0.05, 0) is 44.2 Å². The Balaban J connectivity index is 2.42. The highest BCUT2D eigenvalue weighted by molar-refractivity contribution is 7.11. The molecule has 1 rings (SSSR count). The molecule has 1 heterocycles. The van der Waals surface area contributed by atoms with Gasteiger partial charge in [0.25, 0.3) is 0 Å². The Hall–Kier alpha value is -0.340. The summed E-state index contributed by atoms with van der Waals surface area (Å²) in [7, 11) is 0. The molecule has 0 aliphatic carbocycles. The monoisotopic (exact) mass is 225 g/mol. The molecule has 0 aromatic carbocycles. The van der Waals surface area contributed by atoms with Gasteiger partial charge in [0.15, 0.2) is 0 Å². The molecule has 1 aromatic rings. The van der Waals surface area contributed by atoms with E-state index >= 15 is 0 Å². The summed E-state index contributed by atoms with van der Waals surface area (Å²) in [5.74, 6) is 0.707. The van der Waals surface area contributed by atoms with E-state index in [1.54, 1.807) is 0 Å². The molecular weight excluding hydrogens is 202 g/mol. The Morgan fingerprint density at radius 1 is 1.27 bits per heavy atom. The van der Waals surface area contributed by atoms with Crippen molar-refractivity contribution in [3.05, 3.63) is 21.9 Å². The van der Waals surface area contributed by atoms with Gasteiger partial charge >= 0.3 is 0 Å². The van der Waals surface area contributed by atoms with E-state index in [-0.39, 0.29) is 0 Å². The van der Waals surface area contributed by atoms with E-state index in [9.17, 15) is 0 Å². The Kier molecular flexibility index (Phi) is 5.34. The summed E-state index contributed by atoms with van der Waals surface area (Å²) >= 11 is 1.97. The zero-order valence-electron chi connectivity index (χ0n) is 10.1. The van der Waals surface area contributed by atoms with Gasteiger partial charge in [-0.15, -0.1) is 11.3 Å². The quantitative estimate of drug-likeness (QED) is 0.786. The minimum Gasteiger partial charge on any atom is -0.328 e. The highest BCUT2D eigenvalue weighted by Gasteiger charge is 2.08. The van der Waals surface area contributed by atoms with Crippen LogP contribution in [0.15, 0.2) is 12.1 Å². The maximum Gasteiger partial charge on any atom is 0.00508 e. The predicted octanol–water partition coefficient (Wildman–Crippen LogP) is 3.62. The second-order valence-corrected chi connectivity index (χ2v) is 5.89. The molecular formula is C13H23NS. The molecule has 1 aromatic heterocycles. The van der Waals surface area contributed by atoms with Crippen LogP contribution in [0.2, 0.25) is 0 Å². The first kappa shape index (κ1) is 12.7. The summed E-state index contributed by atoms with van der Waals surface area (Å²) in [6.07, 6.45) is 4.79. The summed E-state index contributed by atoms with van der Waals surface area (Å²) in [5.41, 5.74) is 5.80. The molecule has 0 spiro atoms. The van der Waals surface area contributed by atoms with Crippen LogP contribution < -0.4 is 5.73 Å². The van der Waals surface area contributed by atoms with Crippen LogP contribution in [0.3, 0.4) is 0 Å². The largest absolute Gasteiger partial charge is 0.328 e. The smallest absolute Gasteiger partial charge is 0.00508 e. The summed E-state index contributed by atoms with van der Waals surface area (Å²) in [5, 5.41) is 0. The standard InChI is InChI=1S/C13H23NS/c1-4-5-12-6-7-13(15-12)9-10(2)8-11(3)14/h6-7,10-11H,4-5,8-9,14H2,1-3H3. The predicted molar refractivity (Wildman–Crippen MR) is 69.4 cm³/mol. The third-order valence-corrected chi connectivity index (χ3v) is 3.70. The van der Waals surface area contributed by atoms with Crippen LogP contribution in [-0.2, 0) is 12.8 Å². The molecule has 0 saturated carbocycles. The van der Waals surface area contributed by atoms with Crippen LogP contribution in [0.4, 0.5) is 0 Å². The van der Waals surface area contributed by atoms with Gasteiger partial charge < -0.3 is 5.73 Å². The van der Waals surface area contributed by atoms with Crippen LogP contribution in [0.1, 0.15) is 43.4 Å². The van der Waals surface area contributed by atoms with Crippen molar-refractivity contribution in [3.63, 3.8) is 0 Å². The third kappa shape index (κ3) is 4.80. The van der Waals surface area contributed by atoms with Gasteiger partial charge in [0.2, 0.25) is 0 Å². The van der Waals surface area contributed by atoms with Crippen molar-refractivity contribution in [1.29, 1.82) is 0 Å². The molecule has 0 radical (unpaired) electrons. The van der Waals surface area contributed by atoms with Crippen LogP contribution in [-0.4, -0.2) is 6.04 Å². The van der Waals surface area contributed by atoms with Crippen molar-refractivity contribution >= 4 is 11.3 Å². The average Bonchev–Trinajstić information content (AvgIpc) is 2.51. The van der Waals surface area contributed by atoms with E-state index < -0.39 is 0 Å². The van der Waals surface area contributed by atoms with E-state index in [0.29, 0.717) is 12.0 Å². The average molecular weight is 225 g/mol. The molecule has 0 aliphatic heterocycles. The van der Waals surface area contributed by atoms with Crippen molar-refractivity contribution in [1.82, 2.24) is 0 Å². The maximum atomic E-state index is 5.80. The van der Waals surface area contributed by atoms with Crippen molar-refractivity contribution in [2.75, 3.05) is 0 Å².